The fourth-order valence-electron chi connectivity index (χ4n) is 2.23. The molecule has 0 saturated carbocycles. The Morgan fingerprint density at radius 1 is 1.31 bits per heavy atom. The summed E-state index contributed by atoms with van der Waals surface area (Å²) in [6.07, 6.45) is -1.59. The van der Waals surface area contributed by atoms with E-state index in [1.54, 1.807) is 5.38 Å². The molecule has 9 heteroatoms. The van der Waals surface area contributed by atoms with E-state index in [2.05, 4.69) is 10.3 Å². The highest BCUT2D eigenvalue weighted by Crippen LogP contribution is 2.29. The van der Waals surface area contributed by atoms with E-state index in [1.807, 2.05) is 6.92 Å². The highest BCUT2D eigenvalue weighted by Gasteiger charge is 2.31. The Morgan fingerprint density at radius 3 is 2.69 bits per heavy atom. The standard InChI is InChI=1S/C17H18F3N3O2S/c1-2-3-8-23(11-14(24)22-16-21-7-9-26-16)15(25)12-5-4-6-13(10-12)17(18,19)20/h4-7,9-10H,2-3,8,11H2,1H3,(H,21,22,24). The summed E-state index contributed by atoms with van der Waals surface area (Å²) in [5.74, 6) is -1.06. The topological polar surface area (TPSA) is 62.3 Å². The smallest absolute Gasteiger partial charge is 0.329 e. The molecule has 0 aliphatic heterocycles. The van der Waals surface area contributed by atoms with Crippen LogP contribution < -0.4 is 5.32 Å². The van der Waals surface area contributed by atoms with Gasteiger partial charge in [-0.1, -0.05) is 19.4 Å². The van der Waals surface area contributed by atoms with Gasteiger partial charge in [0.25, 0.3) is 5.91 Å². The molecule has 1 aromatic carbocycles. The number of aromatic nitrogens is 1. The number of benzene rings is 1. The average molecular weight is 385 g/mol. The Morgan fingerprint density at radius 2 is 2.08 bits per heavy atom. The average Bonchev–Trinajstić information content (AvgIpc) is 3.10. The van der Waals surface area contributed by atoms with Crippen molar-refractivity contribution < 1.29 is 22.8 Å². The molecule has 1 aromatic heterocycles. The Balaban J connectivity index is 2.14. The number of alkyl halides is 3. The van der Waals surface area contributed by atoms with Crippen molar-refractivity contribution in [3.05, 3.63) is 47.0 Å². The maximum atomic E-state index is 12.9. The van der Waals surface area contributed by atoms with Crippen LogP contribution in [0.3, 0.4) is 0 Å². The first-order valence-electron chi connectivity index (χ1n) is 7.97. The van der Waals surface area contributed by atoms with Gasteiger partial charge >= 0.3 is 6.18 Å². The lowest BCUT2D eigenvalue weighted by atomic mass is 10.1. The fraction of sp³-hybridized carbons (Fsp3) is 0.353. The van der Waals surface area contributed by atoms with Gasteiger partial charge in [-0.15, -0.1) is 11.3 Å². The molecule has 1 heterocycles. The van der Waals surface area contributed by atoms with Gasteiger partial charge in [0.1, 0.15) is 6.54 Å². The molecule has 1 N–H and O–H groups in total. The van der Waals surface area contributed by atoms with Gasteiger partial charge in [-0.25, -0.2) is 4.98 Å². The number of halogens is 3. The number of nitrogens with zero attached hydrogens (tertiary/aromatic N) is 2. The largest absolute Gasteiger partial charge is 0.416 e. The van der Waals surface area contributed by atoms with E-state index in [9.17, 15) is 22.8 Å². The first-order valence-corrected chi connectivity index (χ1v) is 8.85. The second-order valence-corrected chi connectivity index (χ2v) is 6.44. The third kappa shape index (κ3) is 5.55. The van der Waals surface area contributed by atoms with Gasteiger partial charge in [0, 0.05) is 23.7 Å². The minimum atomic E-state index is -4.53. The molecular formula is C17H18F3N3O2S. The van der Waals surface area contributed by atoms with Crippen molar-refractivity contribution >= 4 is 28.3 Å². The number of rotatable bonds is 7. The van der Waals surface area contributed by atoms with Crippen LogP contribution >= 0.6 is 11.3 Å². The summed E-state index contributed by atoms with van der Waals surface area (Å²) in [7, 11) is 0. The molecule has 0 unspecified atom stereocenters. The molecule has 5 nitrogen and oxygen atoms in total. The summed E-state index contributed by atoms with van der Waals surface area (Å²) >= 11 is 1.23. The van der Waals surface area contributed by atoms with E-state index in [4.69, 9.17) is 0 Å². The lowest BCUT2D eigenvalue weighted by molar-refractivity contribution is -0.137. The van der Waals surface area contributed by atoms with E-state index >= 15 is 0 Å². The molecule has 2 rings (SSSR count). The van der Waals surface area contributed by atoms with Crippen LogP contribution in [0.4, 0.5) is 18.3 Å². The quantitative estimate of drug-likeness (QED) is 0.782. The first-order chi connectivity index (χ1) is 12.3. The van der Waals surface area contributed by atoms with E-state index < -0.39 is 23.6 Å². The Kier molecular flexibility index (Phi) is 6.73. The predicted molar refractivity (Wildman–Crippen MR) is 93.0 cm³/mol. The fourth-order valence-corrected chi connectivity index (χ4v) is 2.77. The van der Waals surface area contributed by atoms with Gasteiger partial charge < -0.3 is 10.2 Å². The molecule has 140 valence electrons. The number of carbonyl (C=O) groups excluding carboxylic acids is 2. The molecule has 2 aromatic rings. The minimum absolute atomic E-state index is 0.0991. The number of hydrogen-bond donors (Lipinski definition) is 1. The number of anilines is 1. The summed E-state index contributed by atoms with van der Waals surface area (Å²) in [6, 6.07) is 4.21. The van der Waals surface area contributed by atoms with Crippen molar-refractivity contribution in [1.29, 1.82) is 0 Å². The highest BCUT2D eigenvalue weighted by molar-refractivity contribution is 7.13. The van der Waals surface area contributed by atoms with Crippen molar-refractivity contribution in [2.75, 3.05) is 18.4 Å². The summed E-state index contributed by atoms with van der Waals surface area (Å²) < 4.78 is 38.6. The van der Waals surface area contributed by atoms with Crippen LogP contribution in [-0.2, 0) is 11.0 Å². The first kappa shape index (κ1) is 19.9. The van der Waals surface area contributed by atoms with Crippen LogP contribution in [0, 0.1) is 0 Å². The van der Waals surface area contributed by atoms with E-state index in [1.165, 1.54) is 34.6 Å². The van der Waals surface area contributed by atoms with Gasteiger partial charge in [-0.3, -0.25) is 9.59 Å². The number of thiazole rings is 1. The van der Waals surface area contributed by atoms with Crippen molar-refractivity contribution in [3.8, 4) is 0 Å². The molecule has 0 radical (unpaired) electrons. The van der Waals surface area contributed by atoms with Crippen LogP contribution in [-0.4, -0.2) is 34.8 Å². The molecule has 0 saturated heterocycles. The van der Waals surface area contributed by atoms with E-state index in [0.717, 1.165) is 18.6 Å². The zero-order valence-corrected chi connectivity index (χ0v) is 14.9. The van der Waals surface area contributed by atoms with Crippen molar-refractivity contribution in [3.63, 3.8) is 0 Å². The Labute approximate surface area is 152 Å². The van der Waals surface area contributed by atoms with Crippen LogP contribution in [0.25, 0.3) is 0 Å². The summed E-state index contributed by atoms with van der Waals surface area (Å²) in [6.45, 7) is 1.94. The van der Waals surface area contributed by atoms with Crippen LogP contribution in [0.1, 0.15) is 35.7 Å². The SMILES string of the molecule is CCCCN(CC(=O)Nc1nccs1)C(=O)c1cccc(C(F)(F)F)c1. The Hall–Kier alpha value is -2.42. The number of hydrogen-bond acceptors (Lipinski definition) is 4. The molecule has 26 heavy (non-hydrogen) atoms. The second kappa shape index (κ2) is 8.79. The molecule has 0 spiro atoms. The highest BCUT2D eigenvalue weighted by atomic mass is 32.1. The summed E-state index contributed by atoms with van der Waals surface area (Å²) in [5.41, 5.74) is -0.996. The summed E-state index contributed by atoms with van der Waals surface area (Å²) in [5, 5.41) is 4.66. The van der Waals surface area contributed by atoms with Crippen molar-refractivity contribution in [1.82, 2.24) is 9.88 Å². The number of amides is 2. The normalized spacial score (nSPS) is 11.2. The monoisotopic (exact) mass is 385 g/mol. The number of carbonyl (C=O) groups is 2. The van der Waals surface area contributed by atoms with Crippen LogP contribution in [0.5, 0.6) is 0 Å². The summed E-state index contributed by atoms with van der Waals surface area (Å²) in [4.78, 5) is 29.9. The molecule has 0 fully saturated rings. The lowest BCUT2D eigenvalue weighted by Gasteiger charge is -2.22. The Bertz CT molecular complexity index is 748. The third-order valence-corrected chi connectivity index (χ3v) is 4.21. The molecule has 0 bridgehead atoms. The maximum absolute atomic E-state index is 12.9. The third-order valence-electron chi connectivity index (χ3n) is 3.52. The molecule has 0 aliphatic rings. The van der Waals surface area contributed by atoms with Gasteiger partial charge in [0.2, 0.25) is 5.91 Å². The van der Waals surface area contributed by atoms with Gasteiger partial charge in [0.05, 0.1) is 5.56 Å². The molecular weight excluding hydrogens is 367 g/mol. The van der Waals surface area contributed by atoms with Gasteiger partial charge in [0.15, 0.2) is 5.13 Å². The maximum Gasteiger partial charge on any atom is 0.416 e. The van der Waals surface area contributed by atoms with Crippen LogP contribution in [0.2, 0.25) is 0 Å². The molecule has 0 atom stereocenters. The predicted octanol–water partition coefficient (Wildman–Crippen LogP) is 4.04. The van der Waals surface area contributed by atoms with Gasteiger partial charge in [-0.2, -0.15) is 13.2 Å². The van der Waals surface area contributed by atoms with Gasteiger partial charge in [-0.05, 0) is 24.6 Å². The number of nitrogens with one attached hydrogen (secondary N) is 1. The second-order valence-electron chi connectivity index (χ2n) is 5.54. The lowest BCUT2D eigenvalue weighted by Crippen LogP contribution is -2.38. The zero-order chi connectivity index (χ0) is 19.2. The van der Waals surface area contributed by atoms with Crippen LogP contribution in [0.15, 0.2) is 35.8 Å². The molecule has 2 amide bonds. The molecule has 0 aliphatic carbocycles. The van der Waals surface area contributed by atoms with E-state index in [0.29, 0.717) is 11.6 Å². The van der Waals surface area contributed by atoms with Crippen molar-refractivity contribution in [2.24, 2.45) is 0 Å². The van der Waals surface area contributed by atoms with E-state index in [-0.39, 0.29) is 18.7 Å². The number of unbranched alkanes of at least 4 members (excludes halogenated alkanes) is 1. The van der Waals surface area contributed by atoms with Crippen molar-refractivity contribution in [2.45, 2.75) is 25.9 Å². The minimum Gasteiger partial charge on any atom is -0.329 e. The zero-order valence-electron chi connectivity index (χ0n) is 14.0.